The second kappa shape index (κ2) is 8.51. The molecule has 1 amide bonds. The summed E-state index contributed by atoms with van der Waals surface area (Å²) in [5, 5.41) is 0. The minimum Gasteiger partial charge on any atom is -0.453 e. The Balaban J connectivity index is 1.67. The summed E-state index contributed by atoms with van der Waals surface area (Å²) in [6.45, 7) is 3.68. The molecule has 0 bridgehead atoms. The Bertz CT molecular complexity index is 722. The maximum Gasteiger partial charge on any atom is 0.289 e. The highest BCUT2D eigenvalue weighted by Gasteiger charge is 2.29. The van der Waals surface area contributed by atoms with Crippen LogP contribution in [0, 0.1) is 0 Å². The van der Waals surface area contributed by atoms with Crippen molar-refractivity contribution in [2.45, 2.75) is 31.9 Å². The number of rotatable bonds is 7. The molecule has 3 heterocycles. The lowest BCUT2D eigenvalue weighted by Gasteiger charge is -2.32. The SMILES string of the molecule is COCc1ccc(C(=O)N2CCC[C@@H](c3nccn3CCN(C)C)C2)o1. The van der Waals surface area contributed by atoms with Gasteiger partial charge in [0.1, 0.15) is 18.2 Å². The first kappa shape index (κ1) is 18.7. The summed E-state index contributed by atoms with van der Waals surface area (Å²) in [5.41, 5.74) is 0. The summed E-state index contributed by atoms with van der Waals surface area (Å²) in [4.78, 5) is 21.4. The number of likely N-dealkylation sites (tertiary alicyclic amines) is 1. The zero-order valence-electron chi connectivity index (χ0n) is 15.9. The van der Waals surface area contributed by atoms with Gasteiger partial charge < -0.3 is 23.5 Å². The fourth-order valence-electron chi connectivity index (χ4n) is 3.42. The van der Waals surface area contributed by atoms with E-state index >= 15 is 0 Å². The Morgan fingerprint density at radius 3 is 3.04 bits per heavy atom. The molecule has 26 heavy (non-hydrogen) atoms. The lowest BCUT2D eigenvalue weighted by molar-refractivity contribution is 0.0663. The van der Waals surface area contributed by atoms with Gasteiger partial charge in [-0.2, -0.15) is 0 Å². The van der Waals surface area contributed by atoms with Gasteiger partial charge in [0.05, 0.1) is 0 Å². The van der Waals surface area contributed by atoms with Crippen LogP contribution in [0.1, 0.15) is 40.9 Å². The van der Waals surface area contributed by atoms with Crippen LogP contribution in [0.5, 0.6) is 0 Å². The van der Waals surface area contributed by atoms with E-state index in [1.165, 1.54) is 0 Å². The van der Waals surface area contributed by atoms with Crippen LogP contribution >= 0.6 is 0 Å². The normalized spacial score (nSPS) is 17.8. The van der Waals surface area contributed by atoms with Crippen molar-refractivity contribution in [3.05, 3.63) is 41.9 Å². The highest BCUT2D eigenvalue weighted by molar-refractivity contribution is 5.91. The summed E-state index contributed by atoms with van der Waals surface area (Å²) in [6, 6.07) is 3.53. The van der Waals surface area contributed by atoms with Crippen LogP contribution in [0.4, 0.5) is 0 Å². The first-order valence-electron chi connectivity index (χ1n) is 9.11. The fourth-order valence-corrected chi connectivity index (χ4v) is 3.42. The van der Waals surface area contributed by atoms with Crippen LogP contribution in [0.3, 0.4) is 0 Å². The van der Waals surface area contributed by atoms with Crippen LogP contribution in [0.2, 0.25) is 0 Å². The number of carbonyl (C=O) groups excluding carboxylic acids is 1. The lowest BCUT2D eigenvalue weighted by Crippen LogP contribution is -2.39. The Morgan fingerprint density at radius 2 is 2.27 bits per heavy atom. The number of hydrogen-bond acceptors (Lipinski definition) is 5. The monoisotopic (exact) mass is 360 g/mol. The molecule has 0 spiro atoms. The highest BCUT2D eigenvalue weighted by atomic mass is 16.5. The average Bonchev–Trinajstić information content (AvgIpc) is 3.29. The van der Waals surface area contributed by atoms with Crippen molar-refractivity contribution in [3.63, 3.8) is 0 Å². The number of hydrogen-bond donors (Lipinski definition) is 0. The number of likely N-dealkylation sites (N-methyl/N-ethyl adjacent to an activating group) is 1. The summed E-state index contributed by atoms with van der Waals surface area (Å²) in [5.74, 6) is 2.34. The van der Waals surface area contributed by atoms with E-state index in [1.54, 1.807) is 19.2 Å². The van der Waals surface area contributed by atoms with Gasteiger partial charge in [0, 0.05) is 51.6 Å². The first-order valence-corrected chi connectivity index (χ1v) is 9.11. The molecule has 2 aromatic rings. The molecule has 7 heteroatoms. The average molecular weight is 360 g/mol. The molecule has 3 rings (SSSR count). The number of nitrogens with zero attached hydrogens (tertiary/aromatic N) is 4. The van der Waals surface area contributed by atoms with Gasteiger partial charge in [-0.1, -0.05) is 0 Å². The van der Waals surface area contributed by atoms with Gasteiger partial charge in [0.2, 0.25) is 0 Å². The highest BCUT2D eigenvalue weighted by Crippen LogP contribution is 2.27. The first-order chi connectivity index (χ1) is 12.6. The van der Waals surface area contributed by atoms with Crippen molar-refractivity contribution in [1.29, 1.82) is 0 Å². The van der Waals surface area contributed by atoms with Gasteiger partial charge >= 0.3 is 0 Å². The van der Waals surface area contributed by atoms with Crippen LogP contribution in [-0.4, -0.2) is 66.1 Å². The molecular formula is C19H28N4O3. The molecule has 0 saturated carbocycles. The smallest absolute Gasteiger partial charge is 0.289 e. The number of amides is 1. The molecule has 0 N–H and O–H groups in total. The van der Waals surface area contributed by atoms with E-state index in [0.717, 1.165) is 38.3 Å². The van der Waals surface area contributed by atoms with Crippen molar-refractivity contribution < 1.29 is 13.9 Å². The molecule has 0 aliphatic carbocycles. The minimum atomic E-state index is -0.0524. The van der Waals surface area contributed by atoms with Crippen LogP contribution < -0.4 is 0 Å². The molecule has 1 fully saturated rings. The molecule has 0 radical (unpaired) electrons. The molecule has 1 aliphatic heterocycles. The number of piperidine rings is 1. The van der Waals surface area contributed by atoms with Crippen LogP contribution in [0.15, 0.2) is 28.9 Å². The van der Waals surface area contributed by atoms with Crippen molar-refractivity contribution in [1.82, 2.24) is 19.4 Å². The largest absolute Gasteiger partial charge is 0.453 e. The van der Waals surface area contributed by atoms with Crippen molar-refractivity contribution in [3.8, 4) is 0 Å². The van der Waals surface area contributed by atoms with E-state index in [4.69, 9.17) is 9.15 Å². The van der Waals surface area contributed by atoms with Gasteiger partial charge in [-0.05, 0) is 39.1 Å². The predicted octanol–water partition coefficient (Wildman–Crippen LogP) is 2.20. The number of carbonyl (C=O) groups is 1. The molecule has 2 aromatic heterocycles. The van der Waals surface area contributed by atoms with Gasteiger partial charge in [-0.15, -0.1) is 0 Å². The third kappa shape index (κ3) is 4.34. The Kier molecular flexibility index (Phi) is 6.11. The van der Waals surface area contributed by atoms with E-state index in [0.29, 0.717) is 24.7 Å². The summed E-state index contributed by atoms with van der Waals surface area (Å²) in [7, 11) is 5.75. The van der Waals surface area contributed by atoms with Gasteiger partial charge in [0.25, 0.3) is 5.91 Å². The van der Waals surface area contributed by atoms with E-state index < -0.39 is 0 Å². The molecule has 1 aliphatic rings. The molecular weight excluding hydrogens is 332 g/mol. The maximum absolute atomic E-state index is 12.8. The van der Waals surface area contributed by atoms with Gasteiger partial charge in [-0.25, -0.2) is 4.98 Å². The number of furan rings is 1. The maximum atomic E-state index is 12.8. The summed E-state index contributed by atoms with van der Waals surface area (Å²) in [6.07, 6.45) is 5.91. The molecule has 0 aromatic carbocycles. The third-order valence-corrected chi connectivity index (χ3v) is 4.77. The van der Waals surface area contributed by atoms with Crippen molar-refractivity contribution >= 4 is 5.91 Å². The molecule has 1 atom stereocenters. The lowest BCUT2D eigenvalue weighted by atomic mass is 9.97. The topological polar surface area (TPSA) is 63.7 Å². The van der Waals surface area contributed by atoms with E-state index in [9.17, 15) is 4.79 Å². The van der Waals surface area contributed by atoms with Crippen molar-refractivity contribution in [2.24, 2.45) is 0 Å². The summed E-state index contributed by atoms with van der Waals surface area (Å²) < 4.78 is 12.9. The second-order valence-corrected chi connectivity index (χ2v) is 7.07. The molecule has 1 saturated heterocycles. The number of ether oxygens (including phenoxy) is 1. The Hall–Kier alpha value is -2.12. The van der Waals surface area contributed by atoms with Crippen LogP contribution in [-0.2, 0) is 17.9 Å². The Labute approximate surface area is 154 Å². The predicted molar refractivity (Wildman–Crippen MR) is 98.1 cm³/mol. The minimum absolute atomic E-state index is 0.0524. The molecule has 0 unspecified atom stereocenters. The van der Waals surface area contributed by atoms with Crippen molar-refractivity contribution in [2.75, 3.05) is 40.8 Å². The molecule has 142 valence electrons. The second-order valence-electron chi connectivity index (χ2n) is 7.07. The zero-order chi connectivity index (χ0) is 18.5. The Morgan fingerprint density at radius 1 is 1.42 bits per heavy atom. The standard InChI is InChI=1S/C19H28N4O3/c1-21(2)11-12-22-10-8-20-18(22)15-5-4-9-23(13-15)19(24)17-7-6-16(26-17)14-25-3/h6-8,10,15H,4-5,9,11-14H2,1-3H3/t15-/m1/s1. The summed E-state index contributed by atoms with van der Waals surface area (Å²) >= 11 is 0. The van der Waals surface area contributed by atoms with Crippen LogP contribution in [0.25, 0.3) is 0 Å². The third-order valence-electron chi connectivity index (χ3n) is 4.77. The quantitative estimate of drug-likeness (QED) is 0.757. The molecule has 7 nitrogen and oxygen atoms in total. The fraction of sp³-hybridized carbons (Fsp3) is 0.579. The van der Waals surface area contributed by atoms with E-state index in [2.05, 4.69) is 28.5 Å². The number of methoxy groups -OCH3 is 1. The van der Waals surface area contributed by atoms with Gasteiger partial charge in [-0.3, -0.25) is 4.79 Å². The van der Waals surface area contributed by atoms with E-state index in [-0.39, 0.29) is 11.8 Å². The zero-order valence-corrected chi connectivity index (χ0v) is 15.9. The van der Waals surface area contributed by atoms with E-state index in [1.807, 2.05) is 17.3 Å². The van der Waals surface area contributed by atoms with Gasteiger partial charge in [0.15, 0.2) is 5.76 Å². The number of aromatic nitrogens is 2. The number of imidazole rings is 1.